The molecule has 0 saturated carbocycles. The van der Waals surface area contributed by atoms with Crippen molar-refractivity contribution in [1.29, 1.82) is 0 Å². The Morgan fingerprint density at radius 3 is 2.55 bits per heavy atom. The number of carboxylic acids is 1. The molecule has 0 bridgehead atoms. The summed E-state index contributed by atoms with van der Waals surface area (Å²) in [6.07, 6.45) is -0.410. The lowest BCUT2D eigenvalue weighted by molar-refractivity contribution is -0.137. The maximum Gasteiger partial charge on any atom is 0.305 e. The van der Waals surface area contributed by atoms with Gasteiger partial charge in [0.2, 0.25) is 5.88 Å². The van der Waals surface area contributed by atoms with E-state index in [1.54, 1.807) is 42.5 Å². The Hall–Kier alpha value is -3.72. The molecule has 0 unspecified atom stereocenters. The fourth-order valence-electron chi connectivity index (χ4n) is 3.11. The number of benzene rings is 2. The smallest absolute Gasteiger partial charge is 0.305 e. The number of carbonyl (C=O) groups is 2. The topological polar surface area (TPSA) is 123 Å². The predicted octanol–water partition coefficient (Wildman–Crippen LogP) is 3.19. The summed E-state index contributed by atoms with van der Waals surface area (Å²) < 4.78 is 11.7. The molecule has 1 aromatic heterocycles. The lowest BCUT2D eigenvalue weighted by atomic mass is 10.0. The number of halogens is 1. The van der Waals surface area contributed by atoms with Crippen LogP contribution in [0, 0.1) is 0 Å². The van der Waals surface area contributed by atoms with E-state index in [4.69, 9.17) is 21.1 Å². The number of hydrogen-bond acceptors (Lipinski definition) is 6. The SMILES string of the molecule is COc1cccc([C@H](CC(=O)O)NC(=O)c2cc(O)n(-c3ccccc3Cl)n2)c1OC. The first-order valence-corrected chi connectivity index (χ1v) is 9.51. The zero-order chi connectivity index (χ0) is 22.5. The Labute approximate surface area is 182 Å². The van der Waals surface area contributed by atoms with E-state index >= 15 is 0 Å². The fourth-order valence-corrected chi connectivity index (χ4v) is 3.33. The van der Waals surface area contributed by atoms with E-state index in [9.17, 15) is 19.8 Å². The third-order valence-electron chi connectivity index (χ3n) is 4.50. The molecule has 0 radical (unpaired) electrons. The largest absolute Gasteiger partial charge is 0.493 e. The van der Waals surface area contributed by atoms with Crippen LogP contribution in [0.15, 0.2) is 48.5 Å². The molecule has 31 heavy (non-hydrogen) atoms. The van der Waals surface area contributed by atoms with Crippen LogP contribution < -0.4 is 14.8 Å². The van der Waals surface area contributed by atoms with Crippen LogP contribution in [-0.2, 0) is 4.79 Å². The van der Waals surface area contributed by atoms with Gasteiger partial charge in [0.15, 0.2) is 17.2 Å². The minimum atomic E-state index is -1.13. The summed E-state index contributed by atoms with van der Waals surface area (Å²) in [6, 6.07) is 11.9. The van der Waals surface area contributed by atoms with Gasteiger partial charge in [0.05, 0.1) is 37.4 Å². The normalized spacial score (nSPS) is 11.6. The van der Waals surface area contributed by atoms with Crippen LogP contribution in [0.3, 0.4) is 0 Å². The maximum atomic E-state index is 12.8. The number of carboxylic acid groups (broad SMARTS) is 1. The third kappa shape index (κ3) is 4.72. The predicted molar refractivity (Wildman–Crippen MR) is 112 cm³/mol. The maximum absolute atomic E-state index is 12.8. The van der Waals surface area contributed by atoms with Crippen LogP contribution >= 0.6 is 11.6 Å². The zero-order valence-corrected chi connectivity index (χ0v) is 17.5. The van der Waals surface area contributed by atoms with Crippen LogP contribution in [0.4, 0.5) is 0 Å². The quantitative estimate of drug-likeness (QED) is 0.486. The number of rotatable bonds is 8. The van der Waals surface area contributed by atoms with Crippen molar-refractivity contribution in [3.8, 4) is 23.1 Å². The molecule has 9 nitrogen and oxygen atoms in total. The molecule has 0 saturated heterocycles. The van der Waals surface area contributed by atoms with Gasteiger partial charge in [-0.3, -0.25) is 9.59 Å². The molecule has 1 heterocycles. The number of amides is 1. The molecule has 1 atom stereocenters. The molecule has 0 aliphatic carbocycles. The van der Waals surface area contributed by atoms with Crippen molar-refractivity contribution in [2.75, 3.05) is 14.2 Å². The van der Waals surface area contributed by atoms with Crippen molar-refractivity contribution in [2.45, 2.75) is 12.5 Å². The average molecular weight is 446 g/mol. The van der Waals surface area contributed by atoms with Crippen LogP contribution in [0.1, 0.15) is 28.5 Å². The highest BCUT2D eigenvalue weighted by Crippen LogP contribution is 2.36. The number of aromatic hydroxyl groups is 1. The molecule has 0 aliphatic rings. The number of nitrogens with one attached hydrogen (secondary N) is 1. The third-order valence-corrected chi connectivity index (χ3v) is 4.82. The molecule has 0 spiro atoms. The van der Waals surface area contributed by atoms with E-state index in [1.807, 2.05) is 0 Å². The number of methoxy groups -OCH3 is 2. The summed E-state index contributed by atoms with van der Waals surface area (Å²) in [5, 5.41) is 26.7. The molecular formula is C21H20ClN3O6. The van der Waals surface area contributed by atoms with Crippen molar-refractivity contribution in [3.05, 3.63) is 64.8 Å². The summed E-state index contributed by atoms with van der Waals surface area (Å²) >= 11 is 6.14. The molecule has 10 heteroatoms. The Balaban J connectivity index is 1.94. The molecule has 3 rings (SSSR count). The van der Waals surface area contributed by atoms with E-state index < -0.39 is 24.3 Å². The van der Waals surface area contributed by atoms with Crippen molar-refractivity contribution >= 4 is 23.5 Å². The van der Waals surface area contributed by atoms with Crippen LogP contribution in [-0.4, -0.2) is 46.1 Å². The number of ether oxygens (including phenoxy) is 2. The highest BCUT2D eigenvalue weighted by Gasteiger charge is 2.26. The number of carbonyl (C=O) groups excluding carboxylic acids is 1. The molecule has 0 fully saturated rings. The molecule has 3 N–H and O–H groups in total. The van der Waals surface area contributed by atoms with E-state index in [1.165, 1.54) is 20.3 Å². The van der Waals surface area contributed by atoms with Gasteiger partial charge in [0.1, 0.15) is 0 Å². The van der Waals surface area contributed by atoms with Crippen molar-refractivity contribution in [2.24, 2.45) is 0 Å². The Kier molecular flexibility index (Phi) is 6.66. The molecular weight excluding hydrogens is 426 g/mol. The number of aliphatic carboxylic acids is 1. The standard InChI is InChI=1S/C21H20ClN3O6/c1-30-17-9-5-6-12(20(17)31-2)14(11-19(27)28)23-21(29)15-10-18(26)25(24-15)16-8-4-3-7-13(16)22/h3-10,14,26H,11H2,1-2H3,(H,23,29)(H,27,28)/t14-/m0/s1. The highest BCUT2D eigenvalue weighted by molar-refractivity contribution is 6.32. The first-order valence-electron chi connectivity index (χ1n) is 9.13. The first kappa shape index (κ1) is 22.0. The zero-order valence-electron chi connectivity index (χ0n) is 16.7. The first-order chi connectivity index (χ1) is 14.8. The van der Waals surface area contributed by atoms with E-state index in [2.05, 4.69) is 10.4 Å². The molecule has 162 valence electrons. The van der Waals surface area contributed by atoms with Crippen molar-refractivity contribution in [3.63, 3.8) is 0 Å². The number of aromatic nitrogens is 2. The molecule has 3 aromatic rings. The monoisotopic (exact) mass is 445 g/mol. The summed E-state index contributed by atoms with van der Waals surface area (Å²) in [6.45, 7) is 0. The van der Waals surface area contributed by atoms with Gasteiger partial charge in [-0.1, -0.05) is 35.9 Å². The molecule has 1 amide bonds. The minimum Gasteiger partial charge on any atom is -0.493 e. The minimum absolute atomic E-state index is 0.116. The Morgan fingerprint density at radius 2 is 1.90 bits per heavy atom. The van der Waals surface area contributed by atoms with Gasteiger partial charge in [-0.15, -0.1) is 0 Å². The summed E-state index contributed by atoms with van der Waals surface area (Å²) in [5.74, 6) is -1.41. The molecule has 2 aromatic carbocycles. The highest BCUT2D eigenvalue weighted by atomic mass is 35.5. The summed E-state index contributed by atoms with van der Waals surface area (Å²) in [5.41, 5.74) is 0.694. The summed E-state index contributed by atoms with van der Waals surface area (Å²) in [4.78, 5) is 24.3. The Morgan fingerprint density at radius 1 is 1.16 bits per heavy atom. The lowest BCUT2D eigenvalue weighted by Crippen LogP contribution is -2.31. The second-order valence-corrected chi connectivity index (χ2v) is 6.86. The van der Waals surface area contributed by atoms with E-state index in [0.29, 0.717) is 27.8 Å². The second-order valence-electron chi connectivity index (χ2n) is 6.46. The van der Waals surface area contributed by atoms with Gasteiger partial charge in [0, 0.05) is 11.6 Å². The van der Waals surface area contributed by atoms with Gasteiger partial charge in [-0.2, -0.15) is 9.78 Å². The van der Waals surface area contributed by atoms with Gasteiger partial charge < -0.3 is 25.0 Å². The summed E-state index contributed by atoms with van der Waals surface area (Å²) in [7, 11) is 2.88. The van der Waals surface area contributed by atoms with Gasteiger partial charge >= 0.3 is 5.97 Å². The number of hydrogen-bond donors (Lipinski definition) is 3. The van der Waals surface area contributed by atoms with Crippen molar-refractivity contribution < 1.29 is 29.3 Å². The number of para-hydroxylation sites is 2. The second kappa shape index (κ2) is 9.40. The molecule has 0 aliphatic heterocycles. The van der Waals surface area contributed by atoms with E-state index in [0.717, 1.165) is 4.68 Å². The van der Waals surface area contributed by atoms with Crippen molar-refractivity contribution in [1.82, 2.24) is 15.1 Å². The van der Waals surface area contributed by atoms with E-state index in [-0.39, 0.29) is 11.6 Å². The van der Waals surface area contributed by atoms with Crippen LogP contribution in [0.25, 0.3) is 5.69 Å². The average Bonchev–Trinajstić information content (AvgIpc) is 3.14. The fraction of sp³-hybridized carbons (Fsp3) is 0.190. The van der Waals surface area contributed by atoms with Gasteiger partial charge in [-0.05, 0) is 18.2 Å². The van der Waals surface area contributed by atoms with Gasteiger partial charge in [0.25, 0.3) is 5.91 Å². The van der Waals surface area contributed by atoms with Crippen LogP contribution in [0.2, 0.25) is 5.02 Å². The Bertz CT molecular complexity index is 1110. The lowest BCUT2D eigenvalue weighted by Gasteiger charge is -2.20. The van der Waals surface area contributed by atoms with Crippen LogP contribution in [0.5, 0.6) is 17.4 Å². The van der Waals surface area contributed by atoms with Gasteiger partial charge in [-0.25, -0.2) is 0 Å². The number of nitrogens with zero attached hydrogens (tertiary/aromatic N) is 2.